The monoisotopic (exact) mass is 535 g/mol. The average molecular weight is 536 g/mol. The molecule has 212 valence electrons. The van der Waals surface area contributed by atoms with Gasteiger partial charge in [-0.25, -0.2) is 0 Å². The number of ether oxygens (including phenoxy) is 3. The predicted molar refractivity (Wildman–Crippen MR) is 149 cm³/mol. The number of aliphatic hydroxyl groups excluding tert-OH is 1. The Morgan fingerprint density at radius 3 is 2.82 bits per heavy atom. The smallest absolute Gasteiger partial charge is 0.231 e. The van der Waals surface area contributed by atoms with Crippen LogP contribution in [0.5, 0.6) is 17.2 Å². The molecule has 1 aromatic carbocycles. The minimum Gasteiger partial charge on any atom is -0.492 e. The van der Waals surface area contributed by atoms with Gasteiger partial charge in [-0.05, 0) is 105 Å². The normalized spacial score (nSPS) is 40.7. The van der Waals surface area contributed by atoms with Gasteiger partial charge in [0.15, 0.2) is 11.5 Å². The lowest BCUT2D eigenvalue weighted by molar-refractivity contribution is -0.131. The Kier molecular flexibility index (Phi) is 6.13. The summed E-state index contributed by atoms with van der Waals surface area (Å²) in [4.78, 5) is 16.6. The topological polar surface area (TPSA) is 68.2 Å². The second kappa shape index (κ2) is 9.24. The van der Waals surface area contributed by atoms with Gasteiger partial charge >= 0.3 is 0 Å². The molecule has 6 heteroatoms. The van der Waals surface area contributed by atoms with E-state index in [4.69, 9.17) is 14.2 Å². The molecule has 3 fully saturated rings. The molecule has 0 unspecified atom stereocenters. The van der Waals surface area contributed by atoms with E-state index in [2.05, 4.69) is 37.9 Å². The van der Waals surface area contributed by atoms with Crippen molar-refractivity contribution in [2.45, 2.75) is 90.2 Å². The molecule has 2 aliphatic heterocycles. The van der Waals surface area contributed by atoms with Crippen molar-refractivity contribution in [1.82, 2.24) is 4.90 Å². The maximum absolute atomic E-state index is 14.3. The molecule has 7 rings (SSSR count). The minimum atomic E-state index is -0.162. The highest BCUT2D eigenvalue weighted by molar-refractivity contribution is 5.83. The summed E-state index contributed by atoms with van der Waals surface area (Å²) < 4.78 is 17.4. The molecule has 39 heavy (non-hydrogen) atoms. The number of benzene rings is 1. The number of nitrogens with zero attached hydrogens (tertiary/aromatic N) is 1. The van der Waals surface area contributed by atoms with Crippen molar-refractivity contribution in [2.24, 2.45) is 34.5 Å². The lowest BCUT2D eigenvalue weighted by Crippen LogP contribution is -2.51. The fraction of sp³-hybridized carbons (Fsp3) is 0.727. The zero-order chi connectivity index (χ0) is 27.1. The SMILES string of the molecule is COc1c2c(cc3c1[C@H](CC(=O)[C@H]1CC[C@H]4[C@@H]5CC=C6C[C@@H](O)CC[C@]6(C)[C@H]5CC[C@]14C)N(C)CC3)OCO2. The number of fused-ring (bicyclic) bond motifs is 7. The second-order valence-electron chi connectivity index (χ2n) is 14.0. The summed E-state index contributed by atoms with van der Waals surface area (Å²) in [6, 6.07) is 2.10. The summed E-state index contributed by atoms with van der Waals surface area (Å²) in [6.07, 6.45) is 12.4. The van der Waals surface area contributed by atoms with Crippen LogP contribution < -0.4 is 14.2 Å². The van der Waals surface area contributed by atoms with Crippen molar-refractivity contribution in [3.63, 3.8) is 0 Å². The second-order valence-corrected chi connectivity index (χ2v) is 14.0. The van der Waals surface area contributed by atoms with E-state index in [1.165, 1.54) is 24.0 Å². The Balaban J connectivity index is 1.15. The highest BCUT2D eigenvalue weighted by Crippen LogP contribution is 2.66. The Hall–Kier alpha value is -2.05. The third kappa shape index (κ3) is 3.76. The molecule has 8 atom stereocenters. The number of rotatable bonds is 4. The molecule has 3 saturated carbocycles. The van der Waals surface area contributed by atoms with E-state index in [0.29, 0.717) is 35.7 Å². The number of methoxy groups -OCH3 is 1. The lowest BCUT2D eigenvalue weighted by Gasteiger charge is -2.58. The molecular formula is C33H45NO5. The van der Waals surface area contributed by atoms with Crippen molar-refractivity contribution >= 4 is 5.78 Å². The van der Waals surface area contributed by atoms with Crippen LogP contribution in [0.1, 0.15) is 88.8 Å². The number of carbonyl (C=O) groups is 1. The first kappa shape index (κ1) is 25.9. The molecule has 4 aliphatic carbocycles. The van der Waals surface area contributed by atoms with Crippen LogP contribution in [0.3, 0.4) is 0 Å². The molecule has 0 spiro atoms. The van der Waals surface area contributed by atoms with E-state index in [9.17, 15) is 9.90 Å². The number of Topliss-reactive ketones (excluding diaryl/α,β-unsaturated/α-hetero) is 1. The van der Waals surface area contributed by atoms with Gasteiger partial charge in [-0.15, -0.1) is 0 Å². The summed E-state index contributed by atoms with van der Waals surface area (Å²) >= 11 is 0. The average Bonchev–Trinajstić information content (AvgIpc) is 3.53. The lowest BCUT2D eigenvalue weighted by atomic mass is 9.47. The van der Waals surface area contributed by atoms with Crippen LogP contribution in [0.25, 0.3) is 0 Å². The number of carbonyl (C=O) groups excluding carboxylic acids is 1. The number of hydrogen-bond acceptors (Lipinski definition) is 6. The van der Waals surface area contributed by atoms with Gasteiger partial charge in [0, 0.05) is 30.5 Å². The maximum Gasteiger partial charge on any atom is 0.231 e. The number of hydrogen-bond donors (Lipinski definition) is 1. The highest BCUT2D eigenvalue weighted by atomic mass is 16.7. The van der Waals surface area contributed by atoms with Crippen LogP contribution >= 0.6 is 0 Å². The van der Waals surface area contributed by atoms with E-state index in [0.717, 1.165) is 68.6 Å². The van der Waals surface area contributed by atoms with E-state index < -0.39 is 0 Å². The van der Waals surface area contributed by atoms with Crippen molar-refractivity contribution < 1.29 is 24.1 Å². The van der Waals surface area contributed by atoms with Crippen molar-refractivity contribution in [3.05, 3.63) is 28.8 Å². The van der Waals surface area contributed by atoms with Gasteiger partial charge in [0.25, 0.3) is 0 Å². The molecule has 6 aliphatic rings. The van der Waals surface area contributed by atoms with Crippen LogP contribution in [0.4, 0.5) is 0 Å². The molecule has 6 nitrogen and oxygen atoms in total. The van der Waals surface area contributed by atoms with Crippen LogP contribution in [0.2, 0.25) is 0 Å². The van der Waals surface area contributed by atoms with Crippen molar-refractivity contribution in [1.29, 1.82) is 0 Å². The molecular weight excluding hydrogens is 490 g/mol. The Bertz CT molecular complexity index is 1210. The summed E-state index contributed by atoms with van der Waals surface area (Å²) in [6.45, 7) is 6.07. The van der Waals surface area contributed by atoms with Crippen LogP contribution in [-0.4, -0.2) is 49.4 Å². The Morgan fingerprint density at radius 2 is 2.00 bits per heavy atom. The Morgan fingerprint density at radius 1 is 1.15 bits per heavy atom. The Labute approximate surface area is 233 Å². The zero-order valence-corrected chi connectivity index (χ0v) is 24.1. The van der Waals surface area contributed by atoms with Gasteiger partial charge in [0.1, 0.15) is 5.78 Å². The zero-order valence-electron chi connectivity index (χ0n) is 24.1. The third-order valence-corrected chi connectivity index (χ3v) is 12.4. The summed E-state index contributed by atoms with van der Waals surface area (Å²) in [5, 5.41) is 10.3. The van der Waals surface area contributed by atoms with E-state index >= 15 is 0 Å². The summed E-state index contributed by atoms with van der Waals surface area (Å²) in [7, 11) is 3.84. The van der Waals surface area contributed by atoms with E-state index in [1.54, 1.807) is 7.11 Å². The van der Waals surface area contributed by atoms with Gasteiger partial charge in [0.2, 0.25) is 12.5 Å². The van der Waals surface area contributed by atoms with Gasteiger partial charge < -0.3 is 19.3 Å². The van der Waals surface area contributed by atoms with Crippen molar-refractivity contribution in [3.8, 4) is 17.2 Å². The maximum atomic E-state index is 14.3. The largest absolute Gasteiger partial charge is 0.492 e. The van der Waals surface area contributed by atoms with Crippen LogP contribution in [0.15, 0.2) is 17.7 Å². The van der Waals surface area contributed by atoms with Crippen molar-refractivity contribution in [2.75, 3.05) is 27.5 Å². The highest BCUT2D eigenvalue weighted by Gasteiger charge is 2.60. The van der Waals surface area contributed by atoms with Crippen LogP contribution in [0, 0.1) is 34.5 Å². The first-order chi connectivity index (χ1) is 18.7. The predicted octanol–water partition coefficient (Wildman–Crippen LogP) is 5.85. The molecule has 0 bridgehead atoms. The van der Waals surface area contributed by atoms with Gasteiger partial charge in [-0.3, -0.25) is 9.69 Å². The fourth-order valence-electron chi connectivity index (χ4n) is 10.3. The molecule has 2 heterocycles. The standard InChI is InChI=1S/C33H45NO5/c1-32-12-9-21(35)16-20(32)5-6-22-23-7-8-25(33(23,2)13-10-24(22)32)27(36)17-26-29-19(11-14-34(26)3)15-28-30(31(29)37-4)39-18-38-28/h5,15,21-26,35H,6-14,16-18H2,1-4H3/t21-,22-,23-,24-,25+,26-,32-,33-/m0/s1. The third-order valence-electron chi connectivity index (χ3n) is 12.4. The molecule has 1 aromatic rings. The summed E-state index contributed by atoms with van der Waals surface area (Å²) in [5.74, 6) is 4.74. The first-order valence-corrected chi connectivity index (χ1v) is 15.3. The first-order valence-electron chi connectivity index (χ1n) is 15.3. The molecule has 0 radical (unpaired) electrons. The van der Waals surface area contributed by atoms with Gasteiger partial charge in [-0.2, -0.15) is 0 Å². The van der Waals surface area contributed by atoms with E-state index in [-0.39, 0.29) is 35.7 Å². The number of likely N-dealkylation sites (N-methyl/N-ethyl adjacent to an activating group) is 1. The fourth-order valence-corrected chi connectivity index (χ4v) is 10.3. The number of allylic oxidation sites excluding steroid dienone is 1. The molecule has 1 N–H and O–H groups in total. The molecule has 0 saturated heterocycles. The van der Waals surface area contributed by atoms with Crippen LogP contribution in [-0.2, 0) is 11.2 Å². The molecule has 0 amide bonds. The summed E-state index contributed by atoms with van der Waals surface area (Å²) in [5.41, 5.74) is 4.18. The minimum absolute atomic E-state index is 0.00237. The number of aliphatic hydroxyl groups is 1. The number of ketones is 1. The van der Waals surface area contributed by atoms with E-state index in [1.807, 2.05) is 0 Å². The quantitative estimate of drug-likeness (QED) is 0.488. The van der Waals surface area contributed by atoms with Gasteiger partial charge in [-0.1, -0.05) is 25.5 Å². The van der Waals surface area contributed by atoms with Gasteiger partial charge in [0.05, 0.1) is 13.2 Å². The molecule has 0 aromatic heterocycles.